The molecule has 0 saturated carbocycles. The molecular formula is C11H10N6S. The van der Waals surface area contributed by atoms with Gasteiger partial charge in [-0.2, -0.15) is 5.10 Å². The number of nitrogens with zero attached hydrogens (tertiary/aromatic N) is 4. The van der Waals surface area contributed by atoms with Gasteiger partial charge in [-0.05, 0) is 17.9 Å². The summed E-state index contributed by atoms with van der Waals surface area (Å²) in [5, 5.41) is 6.17. The van der Waals surface area contributed by atoms with E-state index in [9.17, 15) is 0 Å². The third kappa shape index (κ3) is 1.95. The number of hydrazone groups is 1. The van der Waals surface area contributed by atoms with Crippen molar-refractivity contribution in [2.75, 3.05) is 5.43 Å². The molecule has 0 amide bonds. The first-order valence-electron chi connectivity index (χ1n) is 5.31. The molecule has 0 aliphatic carbocycles. The maximum absolute atomic E-state index is 4.25. The number of fused-ring (bicyclic) bond motifs is 1. The standard InChI is InChI=1S/C11H10N6S/c1-7-4-18-10-9(7)14-6-15-11(10)17-16-3-8-2-12-5-13-8/h2-6H,1H3,(H,12,13)(H,14,15,17). The zero-order valence-corrected chi connectivity index (χ0v) is 10.4. The number of H-pyrrole nitrogens is 1. The summed E-state index contributed by atoms with van der Waals surface area (Å²) >= 11 is 1.61. The summed E-state index contributed by atoms with van der Waals surface area (Å²) in [4.78, 5) is 15.3. The number of aryl methyl sites for hydroxylation is 1. The molecule has 3 heterocycles. The molecular weight excluding hydrogens is 248 g/mol. The molecule has 0 fully saturated rings. The van der Waals surface area contributed by atoms with Gasteiger partial charge in [0.05, 0.1) is 34.6 Å². The Labute approximate surface area is 107 Å². The molecule has 2 N–H and O–H groups in total. The van der Waals surface area contributed by atoms with Crippen LogP contribution < -0.4 is 5.43 Å². The van der Waals surface area contributed by atoms with Gasteiger partial charge < -0.3 is 4.98 Å². The van der Waals surface area contributed by atoms with Gasteiger partial charge in [-0.25, -0.2) is 15.0 Å². The number of hydrogen-bond acceptors (Lipinski definition) is 6. The lowest BCUT2D eigenvalue weighted by atomic mass is 10.3. The Morgan fingerprint density at radius 1 is 1.44 bits per heavy atom. The molecule has 0 spiro atoms. The minimum absolute atomic E-state index is 0.717. The van der Waals surface area contributed by atoms with Crippen molar-refractivity contribution in [3.05, 3.63) is 35.5 Å². The zero-order valence-electron chi connectivity index (χ0n) is 9.58. The zero-order chi connectivity index (χ0) is 12.4. The van der Waals surface area contributed by atoms with Crippen LogP contribution >= 0.6 is 11.3 Å². The minimum Gasteiger partial charge on any atom is -0.344 e. The van der Waals surface area contributed by atoms with Gasteiger partial charge in [-0.1, -0.05) is 0 Å². The smallest absolute Gasteiger partial charge is 0.167 e. The summed E-state index contributed by atoms with van der Waals surface area (Å²) in [6.07, 6.45) is 6.49. The van der Waals surface area contributed by atoms with Crippen molar-refractivity contribution in [3.63, 3.8) is 0 Å². The summed E-state index contributed by atoms with van der Waals surface area (Å²) in [6.45, 7) is 2.03. The molecule has 0 aliphatic rings. The van der Waals surface area contributed by atoms with Crippen LogP contribution in [0.5, 0.6) is 0 Å². The molecule has 0 radical (unpaired) electrons. The highest BCUT2D eigenvalue weighted by molar-refractivity contribution is 7.18. The van der Waals surface area contributed by atoms with E-state index in [0.29, 0.717) is 5.82 Å². The fourth-order valence-corrected chi connectivity index (χ4v) is 2.49. The molecule has 0 atom stereocenters. The molecule has 0 aromatic carbocycles. The summed E-state index contributed by atoms with van der Waals surface area (Å²) in [5.41, 5.74) is 5.87. The molecule has 3 rings (SSSR count). The van der Waals surface area contributed by atoms with Crippen LogP contribution in [0, 0.1) is 6.92 Å². The van der Waals surface area contributed by atoms with Gasteiger partial charge in [-0.15, -0.1) is 11.3 Å². The van der Waals surface area contributed by atoms with Crippen molar-refractivity contribution in [2.24, 2.45) is 5.10 Å². The third-order valence-electron chi connectivity index (χ3n) is 2.42. The number of aromatic nitrogens is 4. The average Bonchev–Trinajstić information content (AvgIpc) is 3.01. The molecule has 0 saturated heterocycles. The fourth-order valence-electron chi connectivity index (χ4n) is 1.55. The summed E-state index contributed by atoms with van der Waals surface area (Å²) in [7, 11) is 0. The van der Waals surface area contributed by atoms with E-state index in [0.717, 1.165) is 21.5 Å². The van der Waals surface area contributed by atoms with Gasteiger partial charge in [0.15, 0.2) is 5.82 Å². The van der Waals surface area contributed by atoms with Crippen molar-refractivity contribution in [3.8, 4) is 0 Å². The fraction of sp³-hybridized carbons (Fsp3) is 0.0909. The Morgan fingerprint density at radius 3 is 3.22 bits per heavy atom. The van der Waals surface area contributed by atoms with Gasteiger partial charge in [0, 0.05) is 0 Å². The quantitative estimate of drug-likeness (QED) is 0.557. The van der Waals surface area contributed by atoms with E-state index in [1.165, 1.54) is 6.33 Å². The molecule has 3 aromatic rings. The summed E-state index contributed by atoms with van der Waals surface area (Å²) < 4.78 is 1.01. The third-order valence-corrected chi connectivity index (χ3v) is 3.52. The molecule has 18 heavy (non-hydrogen) atoms. The lowest BCUT2D eigenvalue weighted by molar-refractivity contribution is 1.18. The van der Waals surface area contributed by atoms with E-state index >= 15 is 0 Å². The van der Waals surface area contributed by atoms with Gasteiger partial charge in [0.25, 0.3) is 0 Å². The van der Waals surface area contributed by atoms with Crippen LogP contribution in [0.1, 0.15) is 11.3 Å². The largest absolute Gasteiger partial charge is 0.344 e. The molecule has 0 bridgehead atoms. The maximum atomic E-state index is 4.25. The number of hydrogen-bond donors (Lipinski definition) is 2. The highest BCUT2D eigenvalue weighted by Crippen LogP contribution is 2.28. The topological polar surface area (TPSA) is 78.9 Å². The van der Waals surface area contributed by atoms with Gasteiger partial charge in [0.2, 0.25) is 0 Å². The second-order valence-corrected chi connectivity index (χ2v) is 4.58. The highest BCUT2D eigenvalue weighted by Gasteiger charge is 2.06. The van der Waals surface area contributed by atoms with Crippen LogP contribution in [0.25, 0.3) is 10.2 Å². The Bertz CT molecular complexity index is 685. The Kier molecular flexibility index (Phi) is 2.73. The first-order chi connectivity index (χ1) is 8.84. The van der Waals surface area contributed by atoms with E-state index < -0.39 is 0 Å². The molecule has 7 heteroatoms. The van der Waals surface area contributed by atoms with Crippen LogP contribution in [-0.2, 0) is 0 Å². The lowest BCUT2D eigenvalue weighted by Crippen LogP contribution is -1.94. The SMILES string of the molecule is Cc1csc2c(NN=Cc3cnc[nH]3)ncnc12. The van der Waals surface area contributed by atoms with Gasteiger partial charge >= 0.3 is 0 Å². The number of nitrogens with one attached hydrogen (secondary N) is 2. The number of rotatable bonds is 3. The van der Waals surface area contributed by atoms with E-state index in [-0.39, 0.29) is 0 Å². The number of anilines is 1. The number of imidazole rings is 1. The summed E-state index contributed by atoms with van der Waals surface area (Å²) in [5.74, 6) is 0.717. The average molecular weight is 258 g/mol. The second kappa shape index (κ2) is 4.53. The van der Waals surface area contributed by atoms with Crippen LogP contribution in [-0.4, -0.2) is 26.2 Å². The van der Waals surface area contributed by atoms with Gasteiger partial charge in [0.1, 0.15) is 6.33 Å². The number of thiophene rings is 1. The van der Waals surface area contributed by atoms with Crippen LogP contribution in [0.3, 0.4) is 0 Å². The normalized spacial score (nSPS) is 11.4. The van der Waals surface area contributed by atoms with Crippen molar-refractivity contribution < 1.29 is 0 Å². The Morgan fingerprint density at radius 2 is 2.39 bits per heavy atom. The monoisotopic (exact) mass is 258 g/mol. The molecule has 6 nitrogen and oxygen atoms in total. The van der Waals surface area contributed by atoms with Crippen molar-refractivity contribution in [1.29, 1.82) is 0 Å². The Balaban J connectivity index is 1.87. The molecule has 0 unspecified atom stereocenters. The highest BCUT2D eigenvalue weighted by atomic mass is 32.1. The number of aromatic amines is 1. The predicted octanol–water partition coefficient (Wildman–Crippen LogP) is 2.17. The van der Waals surface area contributed by atoms with Gasteiger partial charge in [-0.3, -0.25) is 5.43 Å². The van der Waals surface area contributed by atoms with Crippen molar-refractivity contribution in [2.45, 2.75) is 6.92 Å². The first kappa shape index (κ1) is 10.8. The predicted molar refractivity (Wildman–Crippen MR) is 72.0 cm³/mol. The van der Waals surface area contributed by atoms with E-state index in [2.05, 4.69) is 35.8 Å². The van der Waals surface area contributed by atoms with E-state index in [1.807, 2.05) is 6.92 Å². The Hall–Kier alpha value is -2.28. The van der Waals surface area contributed by atoms with Crippen LogP contribution in [0.4, 0.5) is 5.82 Å². The second-order valence-electron chi connectivity index (χ2n) is 3.70. The first-order valence-corrected chi connectivity index (χ1v) is 6.19. The molecule has 3 aromatic heterocycles. The van der Waals surface area contributed by atoms with E-state index in [4.69, 9.17) is 0 Å². The summed E-state index contributed by atoms with van der Waals surface area (Å²) in [6, 6.07) is 0. The van der Waals surface area contributed by atoms with Crippen LogP contribution in [0.15, 0.2) is 29.3 Å². The van der Waals surface area contributed by atoms with Crippen molar-refractivity contribution in [1.82, 2.24) is 19.9 Å². The maximum Gasteiger partial charge on any atom is 0.167 e. The lowest BCUT2D eigenvalue weighted by Gasteiger charge is -1.99. The van der Waals surface area contributed by atoms with Crippen LogP contribution in [0.2, 0.25) is 0 Å². The van der Waals surface area contributed by atoms with E-state index in [1.54, 1.807) is 30.1 Å². The molecule has 0 aliphatic heterocycles. The minimum atomic E-state index is 0.717. The van der Waals surface area contributed by atoms with Crippen molar-refractivity contribution >= 4 is 33.6 Å². The molecule has 90 valence electrons.